The molecule has 2 nitrogen and oxygen atoms in total. The van der Waals surface area contributed by atoms with E-state index in [1.54, 1.807) is 6.20 Å². The lowest BCUT2D eigenvalue weighted by atomic mass is 10.2. The Morgan fingerprint density at radius 3 is 2.86 bits per heavy atom. The second kappa shape index (κ2) is 2.72. The van der Waals surface area contributed by atoms with Crippen LogP contribution < -0.4 is 0 Å². The molecule has 0 spiro atoms. The fourth-order valence-electron chi connectivity index (χ4n) is 1.73. The van der Waals surface area contributed by atoms with Gasteiger partial charge in [-0.2, -0.15) is 0 Å². The van der Waals surface area contributed by atoms with Crippen LogP contribution in [0.2, 0.25) is 5.02 Å². The second-order valence-corrected chi connectivity index (χ2v) is 3.62. The van der Waals surface area contributed by atoms with Gasteiger partial charge in [0.2, 0.25) is 0 Å². The zero-order valence-electron chi connectivity index (χ0n) is 7.29. The molecular formula is C11H7ClN2. The SMILES string of the molecule is Clc1cncc2c1[nH]c1ccccc12. The molecule has 0 unspecified atom stereocenters. The summed E-state index contributed by atoms with van der Waals surface area (Å²) in [5.41, 5.74) is 2.06. The van der Waals surface area contributed by atoms with Gasteiger partial charge in [0.15, 0.2) is 0 Å². The lowest BCUT2D eigenvalue weighted by Crippen LogP contribution is -1.73. The molecule has 2 heterocycles. The van der Waals surface area contributed by atoms with Crippen molar-refractivity contribution >= 4 is 33.4 Å². The van der Waals surface area contributed by atoms with E-state index in [1.807, 2.05) is 24.4 Å². The Kier molecular flexibility index (Phi) is 1.52. The Morgan fingerprint density at radius 1 is 1.07 bits per heavy atom. The van der Waals surface area contributed by atoms with Gasteiger partial charge in [0.25, 0.3) is 0 Å². The topological polar surface area (TPSA) is 28.7 Å². The molecular weight excluding hydrogens is 196 g/mol. The Morgan fingerprint density at radius 2 is 1.93 bits per heavy atom. The minimum Gasteiger partial charge on any atom is -0.353 e. The van der Waals surface area contributed by atoms with Crippen LogP contribution in [0, 0.1) is 0 Å². The number of para-hydroxylation sites is 1. The first-order valence-electron chi connectivity index (χ1n) is 4.36. The van der Waals surface area contributed by atoms with Gasteiger partial charge in [-0.25, -0.2) is 0 Å². The molecule has 0 aliphatic rings. The molecule has 1 aromatic carbocycles. The Balaban J connectivity index is 2.63. The number of hydrogen-bond acceptors (Lipinski definition) is 1. The van der Waals surface area contributed by atoms with Crippen molar-refractivity contribution in [3.8, 4) is 0 Å². The maximum atomic E-state index is 6.03. The van der Waals surface area contributed by atoms with Crippen molar-refractivity contribution in [1.29, 1.82) is 0 Å². The summed E-state index contributed by atoms with van der Waals surface area (Å²) in [6.07, 6.45) is 3.49. The molecule has 14 heavy (non-hydrogen) atoms. The smallest absolute Gasteiger partial charge is 0.0830 e. The predicted octanol–water partition coefficient (Wildman–Crippen LogP) is 3.37. The number of nitrogens with zero attached hydrogens (tertiary/aromatic N) is 1. The van der Waals surface area contributed by atoms with E-state index in [0.717, 1.165) is 21.8 Å². The minimum absolute atomic E-state index is 0.665. The molecule has 68 valence electrons. The van der Waals surface area contributed by atoms with Crippen LogP contribution in [0.25, 0.3) is 21.8 Å². The number of aromatic nitrogens is 2. The molecule has 2 aromatic heterocycles. The molecule has 1 N–H and O–H groups in total. The summed E-state index contributed by atoms with van der Waals surface area (Å²) >= 11 is 6.03. The maximum absolute atomic E-state index is 6.03. The predicted molar refractivity (Wildman–Crippen MR) is 58.6 cm³/mol. The summed E-state index contributed by atoms with van der Waals surface area (Å²) in [6.45, 7) is 0. The molecule has 3 rings (SSSR count). The van der Waals surface area contributed by atoms with Crippen molar-refractivity contribution < 1.29 is 0 Å². The average Bonchev–Trinajstić information content (AvgIpc) is 2.59. The highest BCUT2D eigenvalue weighted by molar-refractivity contribution is 6.36. The van der Waals surface area contributed by atoms with Crippen molar-refractivity contribution in [2.75, 3.05) is 0 Å². The Bertz CT molecular complexity index is 613. The van der Waals surface area contributed by atoms with E-state index in [9.17, 15) is 0 Å². The van der Waals surface area contributed by atoms with Crippen LogP contribution in [-0.4, -0.2) is 9.97 Å². The first kappa shape index (κ1) is 7.83. The number of rotatable bonds is 0. The molecule has 3 heteroatoms. The van der Waals surface area contributed by atoms with E-state index in [2.05, 4.69) is 16.0 Å². The Labute approximate surface area is 85.5 Å². The fourth-order valence-corrected chi connectivity index (χ4v) is 1.93. The lowest BCUT2D eigenvalue weighted by Gasteiger charge is -1.90. The summed E-state index contributed by atoms with van der Waals surface area (Å²) in [5.74, 6) is 0. The van der Waals surface area contributed by atoms with Gasteiger partial charge < -0.3 is 4.98 Å². The number of fused-ring (bicyclic) bond motifs is 3. The van der Waals surface area contributed by atoms with E-state index in [0.29, 0.717) is 5.02 Å². The quantitative estimate of drug-likeness (QED) is 0.595. The molecule has 0 aliphatic carbocycles. The van der Waals surface area contributed by atoms with Crippen LogP contribution in [0.3, 0.4) is 0 Å². The summed E-state index contributed by atoms with van der Waals surface area (Å²) in [7, 11) is 0. The number of aromatic amines is 1. The highest BCUT2D eigenvalue weighted by Gasteiger charge is 2.05. The molecule has 0 bridgehead atoms. The molecule has 0 atom stereocenters. The van der Waals surface area contributed by atoms with Crippen molar-refractivity contribution in [3.63, 3.8) is 0 Å². The van der Waals surface area contributed by atoms with Gasteiger partial charge in [-0.05, 0) is 6.07 Å². The number of pyridine rings is 1. The van der Waals surface area contributed by atoms with E-state index < -0.39 is 0 Å². The highest BCUT2D eigenvalue weighted by atomic mass is 35.5. The third-order valence-corrected chi connectivity index (χ3v) is 2.66. The number of halogens is 1. The third-order valence-electron chi connectivity index (χ3n) is 2.38. The van der Waals surface area contributed by atoms with Crippen LogP contribution >= 0.6 is 11.6 Å². The van der Waals surface area contributed by atoms with Gasteiger partial charge in [-0.1, -0.05) is 29.8 Å². The summed E-state index contributed by atoms with van der Waals surface area (Å²) in [6, 6.07) is 8.10. The first-order valence-corrected chi connectivity index (χ1v) is 4.74. The van der Waals surface area contributed by atoms with Gasteiger partial charge in [0.1, 0.15) is 0 Å². The minimum atomic E-state index is 0.665. The van der Waals surface area contributed by atoms with Gasteiger partial charge in [-0.15, -0.1) is 0 Å². The highest BCUT2D eigenvalue weighted by Crippen LogP contribution is 2.28. The van der Waals surface area contributed by atoms with Crippen LogP contribution in [0.5, 0.6) is 0 Å². The zero-order valence-corrected chi connectivity index (χ0v) is 8.05. The molecule has 0 saturated heterocycles. The molecule has 0 radical (unpaired) electrons. The molecule has 0 aliphatic heterocycles. The van der Waals surface area contributed by atoms with Crippen molar-refractivity contribution in [3.05, 3.63) is 41.7 Å². The Hall–Kier alpha value is -1.54. The van der Waals surface area contributed by atoms with Gasteiger partial charge in [0, 0.05) is 28.7 Å². The van der Waals surface area contributed by atoms with E-state index in [4.69, 9.17) is 11.6 Å². The third kappa shape index (κ3) is 0.946. The maximum Gasteiger partial charge on any atom is 0.0830 e. The van der Waals surface area contributed by atoms with E-state index >= 15 is 0 Å². The number of H-pyrrole nitrogens is 1. The van der Waals surface area contributed by atoms with Crippen LogP contribution in [0.4, 0.5) is 0 Å². The second-order valence-electron chi connectivity index (χ2n) is 3.21. The summed E-state index contributed by atoms with van der Waals surface area (Å²) in [5, 5.41) is 2.91. The van der Waals surface area contributed by atoms with Crippen LogP contribution in [-0.2, 0) is 0 Å². The zero-order chi connectivity index (χ0) is 9.54. The number of hydrogen-bond donors (Lipinski definition) is 1. The first-order chi connectivity index (χ1) is 6.86. The van der Waals surface area contributed by atoms with Crippen molar-refractivity contribution in [2.24, 2.45) is 0 Å². The van der Waals surface area contributed by atoms with Crippen LogP contribution in [0.1, 0.15) is 0 Å². The molecule has 0 fully saturated rings. The number of benzene rings is 1. The lowest BCUT2D eigenvalue weighted by molar-refractivity contribution is 1.36. The summed E-state index contributed by atoms with van der Waals surface area (Å²) < 4.78 is 0. The number of nitrogens with one attached hydrogen (secondary N) is 1. The summed E-state index contributed by atoms with van der Waals surface area (Å²) in [4.78, 5) is 7.36. The molecule has 0 amide bonds. The van der Waals surface area contributed by atoms with Crippen molar-refractivity contribution in [1.82, 2.24) is 9.97 Å². The van der Waals surface area contributed by atoms with Crippen molar-refractivity contribution in [2.45, 2.75) is 0 Å². The van der Waals surface area contributed by atoms with Gasteiger partial charge in [-0.3, -0.25) is 4.98 Å². The van der Waals surface area contributed by atoms with Gasteiger partial charge >= 0.3 is 0 Å². The van der Waals surface area contributed by atoms with E-state index in [-0.39, 0.29) is 0 Å². The average molecular weight is 203 g/mol. The fraction of sp³-hybridized carbons (Fsp3) is 0. The van der Waals surface area contributed by atoms with Gasteiger partial charge in [0.05, 0.1) is 10.5 Å². The standard InChI is InChI=1S/C11H7ClN2/c12-9-6-13-5-8-7-3-1-2-4-10(7)14-11(8)9/h1-6,14H. The monoisotopic (exact) mass is 202 g/mol. The van der Waals surface area contributed by atoms with E-state index in [1.165, 1.54) is 0 Å². The molecule has 0 saturated carbocycles. The largest absolute Gasteiger partial charge is 0.353 e. The van der Waals surface area contributed by atoms with Crippen LogP contribution in [0.15, 0.2) is 36.7 Å². The molecule has 3 aromatic rings. The normalized spacial score (nSPS) is 11.2.